The number of H-pyrrole nitrogens is 1. The van der Waals surface area contributed by atoms with Crippen LogP contribution < -0.4 is 4.74 Å². The molecule has 8 nitrogen and oxygen atoms in total. The van der Waals surface area contributed by atoms with E-state index in [-0.39, 0.29) is 6.04 Å². The minimum atomic E-state index is 0.0151. The van der Waals surface area contributed by atoms with Crippen LogP contribution in [0.25, 0.3) is 22.3 Å². The van der Waals surface area contributed by atoms with Gasteiger partial charge >= 0.3 is 0 Å². The first-order valence-electron chi connectivity index (χ1n) is 9.02. The number of fused-ring (bicyclic) bond motifs is 1. The number of nitrogens with one attached hydrogen (secondary N) is 1. The van der Waals surface area contributed by atoms with Gasteiger partial charge in [0.1, 0.15) is 24.3 Å². The van der Waals surface area contributed by atoms with Crippen molar-refractivity contribution in [2.75, 3.05) is 20.3 Å². The number of rotatable bonds is 8. The van der Waals surface area contributed by atoms with Gasteiger partial charge in [0.25, 0.3) is 0 Å². The minimum absolute atomic E-state index is 0.0151. The van der Waals surface area contributed by atoms with Gasteiger partial charge in [-0.1, -0.05) is 42.5 Å². The zero-order valence-corrected chi connectivity index (χ0v) is 15.6. The zero-order valence-electron chi connectivity index (χ0n) is 15.6. The molecule has 1 unspecified atom stereocenters. The van der Waals surface area contributed by atoms with E-state index in [0.717, 1.165) is 16.5 Å². The number of nitrogens with zero attached hydrogens (tertiary/aromatic N) is 5. The number of benzene rings is 1. The van der Waals surface area contributed by atoms with Crippen LogP contribution >= 0.6 is 0 Å². The fourth-order valence-electron chi connectivity index (χ4n) is 3.15. The molecule has 1 aromatic carbocycles. The number of methoxy groups -OCH3 is 1. The molecule has 0 bridgehead atoms. The molecule has 0 aliphatic heterocycles. The van der Waals surface area contributed by atoms with Crippen LogP contribution in [0.2, 0.25) is 0 Å². The van der Waals surface area contributed by atoms with Crippen molar-refractivity contribution in [3.8, 4) is 17.1 Å². The maximum atomic E-state index is 5.76. The van der Waals surface area contributed by atoms with Gasteiger partial charge < -0.3 is 14.5 Å². The van der Waals surface area contributed by atoms with Gasteiger partial charge in [0.2, 0.25) is 5.88 Å². The lowest BCUT2D eigenvalue weighted by Crippen LogP contribution is -2.10. The average molecular weight is 377 g/mol. The molecule has 0 spiro atoms. The summed E-state index contributed by atoms with van der Waals surface area (Å²) < 4.78 is 12.7. The average Bonchev–Trinajstić information content (AvgIpc) is 3.37. The number of aromatic amines is 1. The molecule has 3 aromatic heterocycles. The molecule has 28 heavy (non-hydrogen) atoms. The highest BCUT2D eigenvalue weighted by atomic mass is 16.5. The fraction of sp³-hybridized carbons (Fsp3) is 0.250. The predicted molar refractivity (Wildman–Crippen MR) is 105 cm³/mol. The molecule has 143 valence electrons. The molecule has 0 fully saturated rings. The highest BCUT2D eigenvalue weighted by Gasteiger charge is 2.19. The van der Waals surface area contributed by atoms with Crippen molar-refractivity contribution in [1.29, 1.82) is 0 Å². The van der Waals surface area contributed by atoms with E-state index in [0.29, 0.717) is 36.9 Å². The van der Waals surface area contributed by atoms with E-state index in [4.69, 9.17) is 9.47 Å². The van der Waals surface area contributed by atoms with Crippen LogP contribution in [0.4, 0.5) is 0 Å². The molecule has 0 amide bonds. The summed E-state index contributed by atoms with van der Waals surface area (Å²) >= 11 is 0. The standard InChI is InChI=1S/C20H21N6O2/c1-3-17(14-7-5-4-6-8-14)26-12-16(24-25-26)15-11-21-19-18(15)20(23-13-22-19)28-10-9-27-2/h4-8,11-13,17H,1,3,9-10H2,2H3,(H,21,22,23). The number of aromatic nitrogens is 6. The summed E-state index contributed by atoms with van der Waals surface area (Å²) in [5.74, 6) is 0.490. The van der Waals surface area contributed by atoms with Gasteiger partial charge in [-0.3, -0.25) is 0 Å². The van der Waals surface area contributed by atoms with Crippen molar-refractivity contribution in [3.63, 3.8) is 0 Å². The summed E-state index contributed by atoms with van der Waals surface area (Å²) in [7, 11) is 1.63. The van der Waals surface area contributed by atoms with E-state index in [9.17, 15) is 0 Å². The number of hydrogen-bond acceptors (Lipinski definition) is 6. The van der Waals surface area contributed by atoms with Crippen LogP contribution in [0.5, 0.6) is 5.88 Å². The Morgan fingerprint density at radius 3 is 2.82 bits per heavy atom. The molecule has 0 aliphatic rings. The van der Waals surface area contributed by atoms with Gasteiger partial charge in [0.05, 0.1) is 24.2 Å². The summed E-state index contributed by atoms with van der Waals surface area (Å²) in [4.78, 5) is 11.7. The first-order valence-corrected chi connectivity index (χ1v) is 9.02. The SMILES string of the molecule is [CH2]CC(c1ccccc1)n1cc(-c2c[nH]c3ncnc(OCCOC)c23)nn1. The normalized spacial score (nSPS) is 12.4. The van der Waals surface area contributed by atoms with Crippen molar-refractivity contribution in [1.82, 2.24) is 29.9 Å². The maximum absolute atomic E-state index is 5.76. The Morgan fingerprint density at radius 1 is 1.18 bits per heavy atom. The summed E-state index contributed by atoms with van der Waals surface area (Å²) in [6.45, 7) is 4.95. The second kappa shape index (κ2) is 8.18. The number of ether oxygens (including phenoxy) is 2. The van der Waals surface area contributed by atoms with Crippen LogP contribution in [0.3, 0.4) is 0 Å². The Hall–Kier alpha value is -3.26. The zero-order chi connectivity index (χ0) is 19.3. The van der Waals surface area contributed by atoms with Gasteiger partial charge in [0, 0.05) is 18.9 Å². The molecule has 0 saturated carbocycles. The van der Waals surface area contributed by atoms with Crippen molar-refractivity contribution in [2.45, 2.75) is 12.5 Å². The third-order valence-electron chi connectivity index (χ3n) is 4.52. The van der Waals surface area contributed by atoms with Gasteiger partial charge in [-0.05, 0) is 12.0 Å². The lowest BCUT2D eigenvalue weighted by atomic mass is 10.1. The predicted octanol–water partition coefficient (Wildman–Crippen LogP) is 3.06. The third kappa shape index (κ3) is 3.46. The van der Waals surface area contributed by atoms with Crippen LogP contribution in [-0.2, 0) is 4.74 Å². The van der Waals surface area contributed by atoms with Crippen LogP contribution in [0.1, 0.15) is 18.0 Å². The molecular weight excluding hydrogens is 356 g/mol. The van der Waals surface area contributed by atoms with Crippen LogP contribution in [0.15, 0.2) is 49.1 Å². The van der Waals surface area contributed by atoms with E-state index in [1.54, 1.807) is 7.11 Å². The molecule has 4 rings (SSSR count). The molecular formula is C20H21N6O2. The Morgan fingerprint density at radius 2 is 2.04 bits per heavy atom. The van der Waals surface area contributed by atoms with Crippen LogP contribution in [-0.4, -0.2) is 50.3 Å². The smallest absolute Gasteiger partial charge is 0.226 e. The van der Waals surface area contributed by atoms with Gasteiger partial charge in [-0.2, -0.15) is 0 Å². The van der Waals surface area contributed by atoms with Gasteiger partial charge in [0.15, 0.2) is 0 Å². The first-order chi connectivity index (χ1) is 13.8. The Kier molecular flexibility index (Phi) is 5.29. The highest BCUT2D eigenvalue weighted by molar-refractivity contribution is 5.95. The molecule has 1 N–H and O–H groups in total. The van der Waals surface area contributed by atoms with Crippen molar-refractivity contribution >= 4 is 11.0 Å². The summed E-state index contributed by atoms with van der Waals surface area (Å²) in [5.41, 5.74) is 3.38. The topological polar surface area (TPSA) is 90.7 Å². The van der Waals surface area contributed by atoms with E-state index >= 15 is 0 Å². The van der Waals surface area contributed by atoms with Crippen LogP contribution in [0, 0.1) is 6.92 Å². The van der Waals surface area contributed by atoms with Crippen molar-refractivity contribution < 1.29 is 9.47 Å². The molecule has 4 aromatic rings. The van der Waals surface area contributed by atoms with E-state index in [1.165, 1.54) is 6.33 Å². The van der Waals surface area contributed by atoms with Gasteiger partial charge in [-0.15, -0.1) is 5.10 Å². The summed E-state index contributed by atoms with van der Waals surface area (Å²) in [6.07, 6.45) is 5.89. The largest absolute Gasteiger partial charge is 0.475 e. The summed E-state index contributed by atoms with van der Waals surface area (Å²) in [5, 5.41) is 9.49. The Balaban J connectivity index is 1.69. The van der Waals surface area contributed by atoms with E-state index in [2.05, 4.69) is 44.3 Å². The lowest BCUT2D eigenvalue weighted by molar-refractivity contribution is 0.144. The molecule has 8 heteroatoms. The number of hydrogen-bond donors (Lipinski definition) is 1. The molecule has 3 heterocycles. The monoisotopic (exact) mass is 377 g/mol. The Labute approximate surface area is 162 Å². The lowest BCUT2D eigenvalue weighted by Gasteiger charge is -2.14. The second-order valence-electron chi connectivity index (χ2n) is 6.24. The second-order valence-corrected chi connectivity index (χ2v) is 6.24. The molecule has 1 radical (unpaired) electrons. The van der Waals surface area contributed by atoms with Crippen molar-refractivity contribution in [2.24, 2.45) is 0 Å². The van der Waals surface area contributed by atoms with E-state index < -0.39 is 0 Å². The quantitative estimate of drug-likeness (QED) is 0.475. The highest BCUT2D eigenvalue weighted by Crippen LogP contribution is 2.32. The fourth-order valence-corrected chi connectivity index (χ4v) is 3.15. The van der Waals surface area contributed by atoms with E-state index in [1.807, 2.05) is 35.3 Å². The summed E-state index contributed by atoms with van der Waals surface area (Å²) in [6, 6.07) is 10.2. The van der Waals surface area contributed by atoms with Crippen molar-refractivity contribution in [3.05, 3.63) is 61.5 Å². The first kappa shape index (κ1) is 18.1. The third-order valence-corrected chi connectivity index (χ3v) is 4.52. The minimum Gasteiger partial charge on any atom is -0.475 e. The Bertz CT molecular complexity index is 1040. The van der Waals surface area contributed by atoms with Gasteiger partial charge in [-0.25, -0.2) is 14.6 Å². The molecule has 0 aliphatic carbocycles. The molecule has 0 saturated heterocycles. The molecule has 1 atom stereocenters. The maximum Gasteiger partial charge on any atom is 0.226 e.